The first-order valence-electron chi connectivity index (χ1n) is 8.03. The highest BCUT2D eigenvalue weighted by atomic mass is 16.5. The lowest BCUT2D eigenvalue weighted by atomic mass is 10.0. The van der Waals surface area contributed by atoms with Gasteiger partial charge in [-0.15, -0.1) is 0 Å². The van der Waals surface area contributed by atoms with E-state index >= 15 is 0 Å². The molecule has 1 aromatic rings. The summed E-state index contributed by atoms with van der Waals surface area (Å²) in [6, 6.07) is 6.59. The molecule has 0 amide bonds. The Kier molecular flexibility index (Phi) is 4.99. The summed E-state index contributed by atoms with van der Waals surface area (Å²) in [5, 5.41) is 3.60. The summed E-state index contributed by atoms with van der Waals surface area (Å²) in [7, 11) is 0. The van der Waals surface area contributed by atoms with Crippen LogP contribution in [-0.2, 0) is 4.74 Å². The second-order valence-electron chi connectivity index (χ2n) is 5.95. The molecule has 21 heavy (non-hydrogen) atoms. The molecule has 4 heteroatoms. The summed E-state index contributed by atoms with van der Waals surface area (Å²) in [4.78, 5) is 0. The van der Waals surface area contributed by atoms with Crippen molar-refractivity contribution in [2.45, 2.75) is 32.2 Å². The van der Waals surface area contributed by atoms with E-state index in [1.807, 2.05) is 6.07 Å². The molecule has 4 nitrogen and oxygen atoms in total. The van der Waals surface area contributed by atoms with Gasteiger partial charge in [-0.25, -0.2) is 0 Å². The van der Waals surface area contributed by atoms with Crippen molar-refractivity contribution in [2.24, 2.45) is 5.92 Å². The van der Waals surface area contributed by atoms with Crippen molar-refractivity contribution in [1.82, 2.24) is 5.32 Å². The van der Waals surface area contributed by atoms with Gasteiger partial charge in [0, 0.05) is 25.7 Å². The Morgan fingerprint density at radius 2 is 2.05 bits per heavy atom. The number of nitrogens with one attached hydrogen (secondary N) is 1. The van der Waals surface area contributed by atoms with E-state index in [4.69, 9.17) is 14.2 Å². The molecule has 1 N–H and O–H groups in total. The molecular formula is C17H25NO3. The standard InChI is InChI=1S/C17H25NO3/c1-13(18-7-5-14-6-10-19-12-14)15-3-4-16-17(11-15)21-9-2-8-20-16/h3-4,11,13-14,18H,2,5-10,12H2,1H3. The van der Waals surface area contributed by atoms with Gasteiger partial charge in [0.25, 0.3) is 0 Å². The fourth-order valence-electron chi connectivity index (χ4n) is 2.88. The van der Waals surface area contributed by atoms with Crippen LogP contribution in [0, 0.1) is 5.92 Å². The Labute approximate surface area is 126 Å². The topological polar surface area (TPSA) is 39.7 Å². The Hall–Kier alpha value is -1.26. The van der Waals surface area contributed by atoms with Crippen molar-refractivity contribution in [1.29, 1.82) is 0 Å². The maximum Gasteiger partial charge on any atom is 0.161 e. The molecule has 1 fully saturated rings. The van der Waals surface area contributed by atoms with Crippen molar-refractivity contribution in [2.75, 3.05) is 33.0 Å². The van der Waals surface area contributed by atoms with Crippen molar-refractivity contribution >= 4 is 0 Å². The normalized spacial score (nSPS) is 22.8. The van der Waals surface area contributed by atoms with E-state index in [0.717, 1.165) is 56.8 Å². The van der Waals surface area contributed by atoms with Crippen molar-refractivity contribution in [3.8, 4) is 11.5 Å². The van der Waals surface area contributed by atoms with Crippen LogP contribution in [0.1, 0.15) is 37.8 Å². The SMILES string of the molecule is CC(NCCC1CCOC1)c1ccc2c(c1)OCCCO2. The van der Waals surface area contributed by atoms with Crippen LogP contribution in [0.25, 0.3) is 0 Å². The fraction of sp³-hybridized carbons (Fsp3) is 0.647. The predicted octanol–water partition coefficient (Wildman–Crippen LogP) is 2.93. The molecule has 0 bridgehead atoms. The quantitative estimate of drug-likeness (QED) is 0.905. The van der Waals surface area contributed by atoms with Gasteiger partial charge in [0.1, 0.15) is 0 Å². The van der Waals surface area contributed by atoms with E-state index in [1.54, 1.807) is 0 Å². The Bertz CT molecular complexity index is 457. The fourth-order valence-corrected chi connectivity index (χ4v) is 2.88. The number of benzene rings is 1. The zero-order valence-electron chi connectivity index (χ0n) is 12.8. The molecule has 2 heterocycles. The molecule has 0 spiro atoms. The zero-order chi connectivity index (χ0) is 14.5. The first-order chi connectivity index (χ1) is 10.3. The van der Waals surface area contributed by atoms with Gasteiger partial charge in [-0.1, -0.05) is 6.07 Å². The minimum absolute atomic E-state index is 0.324. The molecule has 116 valence electrons. The van der Waals surface area contributed by atoms with Crippen molar-refractivity contribution < 1.29 is 14.2 Å². The van der Waals surface area contributed by atoms with E-state index < -0.39 is 0 Å². The van der Waals surface area contributed by atoms with E-state index in [-0.39, 0.29) is 0 Å². The Morgan fingerprint density at radius 3 is 2.86 bits per heavy atom. The monoisotopic (exact) mass is 291 g/mol. The van der Waals surface area contributed by atoms with Crippen LogP contribution in [0.2, 0.25) is 0 Å². The van der Waals surface area contributed by atoms with Gasteiger partial charge in [0.2, 0.25) is 0 Å². The summed E-state index contributed by atoms with van der Waals surface area (Å²) in [5.41, 5.74) is 1.25. The van der Waals surface area contributed by atoms with Gasteiger partial charge >= 0.3 is 0 Å². The lowest BCUT2D eigenvalue weighted by Crippen LogP contribution is -2.22. The third-order valence-corrected chi connectivity index (χ3v) is 4.30. The van der Waals surface area contributed by atoms with Crippen LogP contribution in [0.5, 0.6) is 11.5 Å². The lowest BCUT2D eigenvalue weighted by molar-refractivity contribution is 0.184. The first-order valence-corrected chi connectivity index (χ1v) is 8.03. The second kappa shape index (κ2) is 7.14. The van der Waals surface area contributed by atoms with Crippen LogP contribution in [-0.4, -0.2) is 33.0 Å². The van der Waals surface area contributed by atoms with Crippen LogP contribution in [0.4, 0.5) is 0 Å². The highest BCUT2D eigenvalue weighted by Crippen LogP contribution is 2.32. The summed E-state index contributed by atoms with van der Waals surface area (Å²) in [5.74, 6) is 2.47. The molecule has 0 radical (unpaired) electrons. The Morgan fingerprint density at radius 1 is 1.19 bits per heavy atom. The van der Waals surface area contributed by atoms with Crippen LogP contribution in [0.3, 0.4) is 0 Å². The van der Waals surface area contributed by atoms with E-state index in [9.17, 15) is 0 Å². The van der Waals surface area contributed by atoms with Gasteiger partial charge in [-0.2, -0.15) is 0 Å². The third kappa shape index (κ3) is 3.89. The first kappa shape index (κ1) is 14.7. The molecule has 2 aliphatic rings. The van der Waals surface area contributed by atoms with Crippen molar-refractivity contribution in [3.63, 3.8) is 0 Å². The van der Waals surface area contributed by atoms with Crippen molar-refractivity contribution in [3.05, 3.63) is 23.8 Å². The number of hydrogen-bond donors (Lipinski definition) is 1. The lowest BCUT2D eigenvalue weighted by Gasteiger charge is -2.17. The van der Waals surface area contributed by atoms with E-state index in [0.29, 0.717) is 6.04 Å². The third-order valence-electron chi connectivity index (χ3n) is 4.30. The molecule has 1 saturated heterocycles. The van der Waals surface area contributed by atoms with Gasteiger partial charge in [-0.3, -0.25) is 0 Å². The number of fused-ring (bicyclic) bond motifs is 1. The molecule has 0 saturated carbocycles. The summed E-state index contributed by atoms with van der Waals surface area (Å²) < 4.78 is 16.8. The van der Waals surface area contributed by atoms with Gasteiger partial charge in [-0.05, 0) is 49.9 Å². The van der Waals surface area contributed by atoms with Crippen LogP contribution >= 0.6 is 0 Å². The molecule has 0 aromatic heterocycles. The maximum atomic E-state index is 5.76. The van der Waals surface area contributed by atoms with E-state index in [1.165, 1.54) is 18.4 Å². The number of ether oxygens (including phenoxy) is 3. The summed E-state index contributed by atoms with van der Waals surface area (Å²) >= 11 is 0. The molecule has 3 rings (SSSR count). The summed E-state index contributed by atoms with van der Waals surface area (Å²) in [6.45, 7) is 6.57. The largest absolute Gasteiger partial charge is 0.490 e. The molecular weight excluding hydrogens is 266 g/mol. The van der Waals surface area contributed by atoms with E-state index in [2.05, 4.69) is 24.4 Å². The maximum absolute atomic E-state index is 5.76. The second-order valence-corrected chi connectivity index (χ2v) is 5.95. The predicted molar refractivity (Wildman–Crippen MR) is 82.0 cm³/mol. The van der Waals surface area contributed by atoms with Gasteiger partial charge in [0.15, 0.2) is 11.5 Å². The molecule has 2 atom stereocenters. The smallest absolute Gasteiger partial charge is 0.161 e. The van der Waals surface area contributed by atoms with Gasteiger partial charge in [0.05, 0.1) is 13.2 Å². The molecule has 1 aromatic carbocycles. The highest BCUT2D eigenvalue weighted by molar-refractivity contribution is 5.44. The minimum Gasteiger partial charge on any atom is -0.490 e. The number of hydrogen-bond acceptors (Lipinski definition) is 4. The average molecular weight is 291 g/mol. The minimum atomic E-state index is 0.324. The molecule has 2 unspecified atom stereocenters. The molecule has 0 aliphatic carbocycles. The van der Waals surface area contributed by atoms with Crippen LogP contribution < -0.4 is 14.8 Å². The summed E-state index contributed by atoms with van der Waals surface area (Å²) in [6.07, 6.45) is 3.34. The average Bonchev–Trinajstić information content (AvgIpc) is 2.90. The van der Waals surface area contributed by atoms with Gasteiger partial charge < -0.3 is 19.5 Å². The number of rotatable bonds is 5. The molecule has 2 aliphatic heterocycles. The zero-order valence-corrected chi connectivity index (χ0v) is 12.8. The van der Waals surface area contributed by atoms with Crippen LogP contribution in [0.15, 0.2) is 18.2 Å². The highest BCUT2D eigenvalue weighted by Gasteiger charge is 2.16. The Balaban J connectivity index is 1.54.